The molecule has 3 atom stereocenters. The third kappa shape index (κ3) is 18.3. The number of esters is 2. The topological polar surface area (TPSA) is 237 Å². The van der Waals surface area contributed by atoms with Crippen LogP contribution in [0.5, 0.6) is 0 Å². The largest absolute Gasteiger partial charge is 0.461 e. The van der Waals surface area contributed by atoms with Gasteiger partial charge in [0.2, 0.25) is 17.7 Å². The highest BCUT2D eigenvalue weighted by molar-refractivity contribution is 5.95. The molecule has 6 N–H and O–H groups in total. The van der Waals surface area contributed by atoms with Gasteiger partial charge in [-0.25, -0.2) is 14.4 Å². The average molecular weight is 854 g/mol. The van der Waals surface area contributed by atoms with Gasteiger partial charge in [0.05, 0.1) is 19.6 Å². The van der Waals surface area contributed by atoms with Crippen molar-refractivity contribution in [3.05, 3.63) is 144 Å². The molecule has 0 radical (unpaired) electrons. The Hall–Kier alpha value is -7.27. The fourth-order valence-corrected chi connectivity index (χ4v) is 5.60. The summed E-state index contributed by atoms with van der Waals surface area (Å²) < 4.78 is 21.1. The van der Waals surface area contributed by atoms with Crippen LogP contribution in [0.3, 0.4) is 0 Å². The highest BCUT2D eigenvalue weighted by atomic mass is 16.6. The van der Waals surface area contributed by atoms with Gasteiger partial charge in [-0.3, -0.25) is 19.2 Å². The molecule has 0 aromatic heterocycles. The number of ether oxygens (including phenoxy) is 4. The molecule has 62 heavy (non-hydrogen) atoms. The quantitative estimate of drug-likeness (QED) is 0.0338. The summed E-state index contributed by atoms with van der Waals surface area (Å²) in [4.78, 5) is 90.6. The van der Waals surface area contributed by atoms with Crippen LogP contribution in [-0.4, -0.2) is 84.8 Å². The van der Waals surface area contributed by atoms with Crippen LogP contribution in [0.15, 0.2) is 121 Å². The van der Waals surface area contributed by atoms with Crippen LogP contribution in [0.2, 0.25) is 0 Å². The van der Waals surface area contributed by atoms with Gasteiger partial charge < -0.3 is 50.6 Å². The summed E-state index contributed by atoms with van der Waals surface area (Å²) in [7, 11) is 0. The Morgan fingerprint density at radius 2 is 0.968 bits per heavy atom. The second kappa shape index (κ2) is 26.8. The number of carbonyl (C=O) groups is 7. The molecule has 0 heterocycles. The zero-order valence-corrected chi connectivity index (χ0v) is 34.0. The average Bonchev–Trinajstić information content (AvgIpc) is 3.30. The zero-order chi connectivity index (χ0) is 44.4. The van der Waals surface area contributed by atoms with Crippen molar-refractivity contribution in [1.29, 1.82) is 0 Å². The summed E-state index contributed by atoms with van der Waals surface area (Å²) >= 11 is 0. The van der Waals surface area contributed by atoms with Crippen molar-refractivity contribution in [1.82, 2.24) is 26.6 Å². The molecule has 0 spiro atoms. The predicted molar refractivity (Wildman–Crippen MR) is 223 cm³/mol. The molecule has 0 aliphatic heterocycles. The molecule has 0 saturated heterocycles. The number of unbranched alkanes of at least 4 members (excludes halogenated alkanes) is 1. The molecule has 328 valence electrons. The van der Waals surface area contributed by atoms with Gasteiger partial charge in [0.25, 0.3) is 0 Å². The van der Waals surface area contributed by atoms with E-state index in [0.717, 1.165) is 11.1 Å². The van der Waals surface area contributed by atoms with Crippen LogP contribution in [0.4, 0.5) is 9.59 Å². The molecule has 4 aromatic carbocycles. The molecule has 4 rings (SSSR count). The lowest BCUT2D eigenvalue weighted by molar-refractivity contribution is -0.149. The minimum atomic E-state index is -1.63. The normalized spacial score (nSPS) is 12.0. The van der Waals surface area contributed by atoms with Crippen LogP contribution in [0, 0.1) is 0 Å². The Bertz CT molecular complexity index is 2020. The van der Waals surface area contributed by atoms with Crippen molar-refractivity contribution in [3.63, 3.8) is 0 Å². The molecular weight excluding hydrogens is 803 g/mol. The van der Waals surface area contributed by atoms with E-state index in [1.165, 1.54) is 0 Å². The summed E-state index contributed by atoms with van der Waals surface area (Å²) in [5, 5.41) is 22.0. The van der Waals surface area contributed by atoms with Gasteiger partial charge in [0.15, 0.2) is 0 Å². The van der Waals surface area contributed by atoms with E-state index in [0.29, 0.717) is 24.0 Å². The molecule has 0 fully saturated rings. The third-order valence-corrected chi connectivity index (χ3v) is 8.92. The number of carbonyl (C=O) groups excluding carboxylic acids is 7. The van der Waals surface area contributed by atoms with Crippen LogP contribution in [-0.2, 0) is 69.3 Å². The Morgan fingerprint density at radius 3 is 1.48 bits per heavy atom. The first-order chi connectivity index (χ1) is 30.1. The second-order valence-electron chi connectivity index (χ2n) is 13.8. The number of aliphatic hydroxyl groups excluding tert-OH is 1. The maximum Gasteiger partial charge on any atom is 0.408 e. The van der Waals surface area contributed by atoms with Crippen molar-refractivity contribution in [2.24, 2.45) is 0 Å². The van der Waals surface area contributed by atoms with Gasteiger partial charge in [-0.2, -0.15) is 0 Å². The number of rotatable bonds is 24. The van der Waals surface area contributed by atoms with E-state index in [-0.39, 0.29) is 39.4 Å². The molecule has 17 heteroatoms. The van der Waals surface area contributed by atoms with E-state index in [1.54, 1.807) is 84.9 Å². The smallest absolute Gasteiger partial charge is 0.408 e. The van der Waals surface area contributed by atoms with Gasteiger partial charge in [-0.05, 0) is 41.5 Å². The standard InChI is InChI=1S/C45H51N5O12/c51-27-38(50-45(58)62-31-35-21-11-4-12-22-35)42(55)49-37(25-40(53)59-28-32-15-5-1-6-16-32)41(54)47-26-39(52)48-36(43(56)60-29-33-17-7-2-8-18-33)23-13-14-24-46-44(57)61-30-34-19-9-3-10-20-34/h1-12,15-22,36-38,51H,13-14,23-31H2,(H,46,57)(H,47,54)(H,48,52)(H,49,55)(H,50,58)/t36-,37-,38-/m0/s1. The SMILES string of the molecule is O=C(CNC(=O)[C@H](CC(=O)OCc1ccccc1)NC(=O)[C@H](CO)NC(=O)OCc1ccccc1)N[C@@H](CCCCNC(=O)OCc1ccccc1)C(=O)OCc1ccccc1. The van der Waals surface area contributed by atoms with Crippen LogP contribution < -0.4 is 26.6 Å². The van der Waals surface area contributed by atoms with Crippen molar-refractivity contribution in [2.45, 2.75) is 70.2 Å². The minimum absolute atomic E-state index is 0.0617. The number of aliphatic hydroxyl groups is 1. The lowest BCUT2D eigenvalue weighted by Crippen LogP contribution is -2.56. The Morgan fingerprint density at radius 1 is 0.484 bits per heavy atom. The Labute approximate surface area is 358 Å². The monoisotopic (exact) mass is 853 g/mol. The summed E-state index contributed by atoms with van der Waals surface area (Å²) in [6, 6.07) is 31.1. The van der Waals surface area contributed by atoms with Gasteiger partial charge in [-0.15, -0.1) is 0 Å². The Kier molecular flexibility index (Phi) is 20.5. The van der Waals surface area contributed by atoms with E-state index in [9.17, 15) is 38.7 Å². The predicted octanol–water partition coefficient (Wildman–Crippen LogP) is 3.33. The lowest BCUT2D eigenvalue weighted by Gasteiger charge is -2.22. The maximum absolute atomic E-state index is 13.5. The molecular formula is C45H51N5O12. The lowest BCUT2D eigenvalue weighted by atomic mass is 10.1. The molecule has 0 saturated carbocycles. The van der Waals surface area contributed by atoms with E-state index in [2.05, 4.69) is 26.6 Å². The number of alkyl carbamates (subject to hydrolysis) is 2. The second-order valence-corrected chi connectivity index (χ2v) is 13.8. The molecule has 0 aliphatic rings. The van der Waals surface area contributed by atoms with E-state index < -0.39 is 79.5 Å². The van der Waals surface area contributed by atoms with Gasteiger partial charge in [-0.1, -0.05) is 121 Å². The molecule has 17 nitrogen and oxygen atoms in total. The third-order valence-electron chi connectivity index (χ3n) is 8.92. The maximum atomic E-state index is 13.5. The molecule has 0 aliphatic carbocycles. The van der Waals surface area contributed by atoms with E-state index >= 15 is 0 Å². The minimum Gasteiger partial charge on any atom is -0.461 e. The zero-order valence-electron chi connectivity index (χ0n) is 34.0. The first kappa shape index (κ1) is 47.4. The molecule has 0 bridgehead atoms. The van der Waals surface area contributed by atoms with Gasteiger partial charge in [0.1, 0.15) is 44.6 Å². The van der Waals surface area contributed by atoms with Gasteiger partial charge in [0, 0.05) is 6.54 Å². The fraction of sp³-hybridized carbons (Fsp3) is 0.311. The van der Waals surface area contributed by atoms with Crippen LogP contribution in [0.25, 0.3) is 0 Å². The fourth-order valence-electron chi connectivity index (χ4n) is 5.60. The summed E-state index contributed by atoms with van der Waals surface area (Å²) in [5.74, 6) is -4.43. The highest BCUT2D eigenvalue weighted by Crippen LogP contribution is 2.09. The summed E-state index contributed by atoms with van der Waals surface area (Å²) in [6.45, 7) is -1.56. The number of hydrogen-bond acceptors (Lipinski definition) is 12. The van der Waals surface area contributed by atoms with Crippen molar-refractivity contribution < 1.29 is 57.6 Å². The van der Waals surface area contributed by atoms with Crippen molar-refractivity contribution in [2.75, 3.05) is 19.7 Å². The highest BCUT2D eigenvalue weighted by Gasteiger charge is 2.30. The summed E-state index contributed by atoms with van der Waals surface area (Å²) in [6.07, 6.45) is -1.42. The van der Waals surface area contributed by atoms with Crippen molar-refractivity contribution in [3.8, 4) is 0 Å². The Balaban J connectivity index is 1.33. The number of amides is 5. The van der Waals surface area contributed by atoms with Gasteiger partial charge >= 0.3 is 24.1 Å². The van der Waals surface area contributed by atoms with E-state index in [4.69, 9.17) is 18.9 Å². The summed E-state index contributed by atoms with van der Waals surface area (Å²) in [5.41, 5.74) is 2.88. The number of hydrogen-bond donors (Lipinski definition) is 6. The molecule has 4 aromatic rings. The van der Waals surface area contributed by atoms with Crippen LogP contribution >= 0.6 is 0 Å². The first-order valence-corrected chi connectivity index (χ1v) is 19.9. The first-order valence-electron chi connectivity index (χ1n) is 19.9. The molecule has 5 amide bonds. The molecule has 0 unspecified atom stereocenters. The number of nitrogens with one attached hydrogen (secondary N) is 5. The number of benzene rings is 4. The van der Waals surface area contributed by atoms with Crippen LogP contribution in [0.1, 0.15) is 47.9 Å². The van der Waals surface area contributed by atoms with Crippen molar-refractivity contribution >= 4 is 41.8 Å². The van der Waals surface area contributed by atoms with E-state index in [1.807, 2.05) is 36.4 Å².